The van der Waals surface area contributed by atoms with E-state index >= 15 is 0 Å². The molecule has 1 aliphatic rings. The van der Waals surface area contributed by atoms with Gasteiger partial charge in [-0.15, -0.1) is 0 Å². The Hall–Kier alpha value is -1.75. The second-order valence-corrected chi connectivity index (χ2v) is 5.48. The van der Waals surface area contributed by atoms with Gasteiger partial charge in [0.1, 0.15) is 0 Å². The molecule has 3 N–H and O–H groups in total. The fourth-order valence-corrected chi connectivity index (χ4v) is 2.59. The van der Waals surface area contributed by atoms with E-state index < -0.39 is 5.60 Å². The quantitative estimate of drug-likeness (QED) is 0.824. The molecule has 0 spiro atoms. The molecule has 1 atom stereocenters. The first-order chi connectivity index (χ1) is 9.44. The van der Waals surface area contributed by atoms with Crippen molar-refractivity contribution < 1.29 is 14.6 Å². The molecule has 0 aliphatic carbocycles. The van der Waals surface area contributed by atoms with Crippen molar-refractivity contribution in [3.63, 3.8) is 0 Å². The molecule has 0 saturated carbocycles. The maximum atomic E-state index is 12.6. The second-order valence-electron chi connectivity index (χ2n) is 5.48. The molecule has 1 amide bonds. The van der Waals surface area contributed by atoms with Crippen LogP contribution in [0.1, 0.15) is 37.0 Å². The van der Waals surface area contributed by atoms with E-state index in [2.05, 4.69) is 0 Å². The molecular formula is C15H22N2O3. The molecule has 5 nitrogen and oxygen atoms in total. The predicted molar refractivity (Wildman–Crippen MR) is 77.8 cm³/mol. The van der Waals surface area contributed by atoms with Crippen molar-refractivity contribution in [1.29, 1.82) is 0 Å². The van der Waals surface area contributed by atoms with Gasteiger partial charge in [-0.05, 0) is 38.8 Å². The first kappa shape index (κ1) is 14.7. The summed E-state index contributed by atoms with van der Waals surface area (Å²) in [5.41, 5.74) is 5.99. The van der Waals surface area contributed by atoms with Crippen molar-refractivity contribution in [1.82, 2.24) is 4.90 Å². The molecule has 1 aliphatic heterocycles. The third-order valence-corrected chi connectivity index (χ3v) is 3.53. The minimum absolute atomic E-state index is 0.138. The molecule has 1 fully saturated rings. The summed E-state index contributed by atoms with van der Waals surface area (Å²) in [4.78, 5) is 14.3. The molecule has 0 aromatic heterocycles. The number of nitrogens with zero attached hydrogens (tertiary/aromatic N) is 1. The van der Waals surface area contributed by atoms with E-state index in [0.717, 1.165) is 6.42 Å². The van der Waals surface area contributed by atoms with E-state index in [-0.39, 0.29) is 5.91 Å². The zero-order chi connectivity index (χ0) is 14.8. The van der Waals surface area contributed by atoms with Gasteiger partial charge < -0.3 is 20.5 Å². The molecule has 20 heavy (non-hydrogen) atoms. The number of hydrogen-bond acceptors (Lipinski definition) is 4. The number of likely N-dealkylation sites (tertiary alicyclic amines) is 1. The van der Waals surface area contributed by atoms with Crippen LogP contribution in [-0.4, -0.2) is 41.2 Å². The van der Waals surface area contributed by atoms with Gasteiger partial charge in [-0.2, -0.15) is 0 Å². The van der Waals surface area contributed by atoms with Gasteiger partial charge in [0, 0.05) is 13.1 Å². The van der Waals surface area contributed by atoms with Crippen LogP contribution >= 0.6 is 0 Å². The summed E-state index contributed by atoms with van der Waals surface area (Å²) < 4.78 is 5.50. The van der Waals surface area contributed by atoms with E-state index in [1.54, 1.807) is 30.0 Å². The van der Waals surface area contributed by atoms with Crippen LogP contribution in [0.3, 0.4) is 0 Å². The number of nitrogens with two attached hydrogens (primary N) is 1. The molecule has 1 heterocycles. The van der Waals surface area contributed by atoms with Crippen LogP contribution in [0, 0.1) is 0 Å². The number of β-amino-alcohol motifs (C(OH)–C–C–N with tert-alkyl or cyclic N) is 1. The van der Waals surface area contributed by atoms with E-state index in [0.29, 0.717) is 43.1 Å². The molecular weight excluding hydrogens is 256 g/mol. The third kappa shape index (κ3) is 3.04. The van der Waals surface area contributed by atoms with Gasteiger partial charge in [0.15, 0.2) is 5.75 Å². The summed E-state index contributed by atoms with van der Waals surface area (Å²) in [6.07, 6.45) is 1.51. The summed E-state index contributed by atoms with van der Waals surface area (Å²) in [6.45, 7) is 5.05. The Labute approximate surface area is 119 Å². The number of piperidine rings is 1. The van der Waals surface area contributed by atoms with Gasteiger partial charge in [-0.25, -0.2) is 0 Å². The third-order valence-electron chi connectivity index (χ3n) is 3.53. The van der Waals surface area contributed by atoms with E-state index in [1.807, 2.05) is 6.92 Å². The highest BCUT2D eigenvalue weighted by atomic mass is 16.5. The lowest BCUT2D eigenvalue weighted by molar-refractivity contribution is -0.0108. The first-order valence-electron chi connectivity index (χ1n) is 6.97. The van der Waals surface area contributed by atoms with E-state index in [4.69, 9.17) is 10.5 Å². The summed E-state index contributed by atoms with van der Waals surface area (Å²) in [7, 11) is 0. The topological polar surface area (TPSA) is 75.8 Å². The second kappa shape index (κ2) is 5.71. The lowest BCUT2D eigenvalue weighted by atomic mass is 9.94. The fourth-order valence-electron chi connectivity index (χ4n) is 2.59. The average molecular weight is 278 g/mol. The largest absolute Gasteiger partial charge is 0.491 e. The number of amides is 1. The number of anilines is 1. The molecule has 1 aromatic rings. The Balaban J connectivity index is 2.27. The van der Waals surface area contributed by atoms with Crippen LogP contribution in [0.2, 0.25) is 0 Å². The number of benzene rings is 1. The molecule has 110 valence electrons. The van der Waals surface area contributed by atoms with Gasteiger partial charge in [-0.1, -0.05) is 6.07 Å². The number of carbonyl (C=O) groups excluding carboxylic acids is 1. The van der Waals surface area contributed by atoms with Crippen molar-refractivity contribution in [3.05, 3.63) is 23.8 Å². The van der Waals surface area contributed by atoms with Crippen LogP contribution in [0.15, 0.2) is 18.2 Å². The Morgan fingerprint density at radius 2 is 2.30 bits per heavy atom. The van der Waals surface area contributed by atoms with Gasteiger partial charge in [0.25, 0.3) is 5.91 Å². The standard InChI is InChI=1S/C15H22N2O3/c1-3-20-13-11(6-4-7-12(13)16)14(18)17-9-5-8-15(2,19)10-17/h4,6-7,19H,3,5,8-10,16H2,1-2H3. The molecule has 0 bridgehead atoms. The Morgan fingerprint density at radius 3 is 2.95 bits per heavy atom. The maximum Gasteiger partial charge on any atom is 0.257 e. The number of ether oxygens (including phenoxy) is 1. The van der Waals surface area contributed by atoms with Crippen molar-refractivity contribution in [2.75, 3.05) is 25.4 Å². The lowest BCUT2D eigenvalue weighted by Crippen LogP contribution is -2.48. The average Bonchev–Trinajstić information content (AvgIpc) is 2.39. The van der Waals surface area contributed by atoms with Gasteiger partial charge in [0.2, 0.25) is 0 Å². The number of aliphatic hydroxyl groups is 1. The molecule has 2 rings (SSSR count). The first-order valence-corrected chi connectivity index (χ1v) is 6.97. The minimum atomic E-state index is -0.819. The number of rotatable bonds is 3. The van der Waals surface area contributed by atoms with Gasteiger partial charge in [0.05, 0.1) is 23.5 Å². The van der Waals surface area contributed by atoms with E-state index in [1.165, 1.54) is 0 Å². The molecule has 1 aromatic carbocycles. The molecule has 0 radical (unpaired) electrons. The lowest BCUT2D eigenvalue weighted by Gasteiger charge is -2.37. The zero-order valence-electron chi connectivity index (χ0n) is 12.1. The SMILES string of the molecule is CCOc1c(N)cccc1C(=O)N1CCCC(C)(O)C1. The van der Waals surface area contributed by atoms with Crippen molar-refractivity contribution in [2.24, 2.45) is 0 Å². The summed E-state index contributed by atoms with van der Waals surface area (Å²) in [5.74, 6) is 0.297. The van der Waals surface area contributed by atoms with E-state index in [9.17, 15) is 9.90 Å². The minimum Gasteiger partial charge on any atom is -0.491 e. The molecule has 1 unspecified atom stereocenters. The maximum absolute atomic E-state index is 12.6. The monoisotopic (exact) mass is 278 g/mol. The van der Waals surface area contributed by atoms with Gasteiger partial charge >= 0.3 is 0 Å². The number of nitrogen functional groups attached to an aromatic ring is 1. The zero-order valence-corrected chi connectivity index (χ0v) is 12.1. The predicted octanol–water partition coefficient (Wildman–Crippen LogP) is 1.65. The number of carbonyl (C=O) groups is 1. The number of hydrogen-bond donors (Lipinski definition) is 2. The highest BCUT2D eigenvalue weighted by Crippen LogP contribution is 2.29. The molecule has 5 heteroatoms. The van der Waals surface area contributed by atoms with Crippen LogP contribution in [-0.2, 0) is 0 Å². The highest BCUT2D eigenvalue weighted by Gasteiger charge is 2.32. The summed E-state index contributed by atoms with van der Waals surface area (Å²) in [5, 5.41) is 10.1. The smallest absolute Gasteiger partial charge is 0.257 e. The summed E-state index contributed by atoms with van der Waals surface area (Å²) >= 11 is 0. The summed E-state index contributed by atoms with van der Waals surface area (Å²) in [6, 6.07) is 5.17. The van der Waals surface area contributed by atoms with Crippen molar-refractivity contribution in [2.45, 2.75) is 32.3 Å². The highest BCUT2D eigenvalue weighted by molar-refractivity contribution is 5.98. The van der Waals surface area contributed by atoms with Crippen molar-refractivity contribution >= 4 is 11.6 Å². The van der Waals surface area contributed by atoms with Crippen molar-refractivity contribution in [3.8, 4) is 5.75 Å². The fraction of sp³-hybridized carbons (Fsp3) is 0.533. The Morgan fingerprint density at radius 1 is 1.55 bits per heavy atom. The normalized spacial score (nSPS) is 22.6. The molecule has 1 saturated heterocycles. The Bertz CT molecular complexity index is 500. The Kier molecular flexibility index (Phi) is 4.18. The van der Waals surface area contributed by atoms with Crippen LogP contribution in [0.5, 0.6) is 5.75 Å². The van der Waals surface area contributed by atoms with Crippen LogP contribution < -0.4 is 10.5 Å². The van der Waals surface area contributed by atoms with Gasteiger partial charge in [-0.3, -0.25) is 4.79 Å². The van der Waals surface area contributed by atoms with Crippen LogP contribution in [0.4, 0.5) is 5.69 Å². The number of para-hydroxylation sites is 1. The van der Waals surface area contributed by atoms with Crippen LogP contribution in [0.25, 0.3) is 0 Å².